The Morgan fingerprint density at radius 3 is 2.76 bits per heavy atom. The second kappa shape index (κ2) is 5.46. The molecule has 1 heterocycles. The number of amides is 1. The molecule has 2 unspecified atom stereocenters. The molecule has 0 spiro atoms. The first-order valence-electron chi connectivity index (χ1n) is 6.02. The Kier molecular flexibility index (Phi) is 3.96. The van der Waals surface area contributed by atoms with E-state index in [0.717, 1.165) is 19.4 Å². The average Bonchev–Trinajstić information content (AvgIpc) is 3.13. The van der Waals surface area contributed by atoms with Gasteiger partial charge in [-0.05, 0) is 12.3 Å². The SMILES string of the molecule is O=C(O)C(CC1CC1)NC(=O)C1CNCCO1. The van der Waals surface area contributed by atoms with E-state index in [2.05, 4.69) is 10.6 Å². The molecule has 17 heavy (non-hydrogen) atoms. The van der Waals surface area contributed by atoms with E-state index >= 15 is 0 Å². The normalized spacial score (nSPS) is 26.2. The summed E-state index contributed by atoms with van der Waals surface area (Å²) >= 11 is 0. The minimum Gasteiger partial charge on any atom is -0.480 e. The molecule has 6 heteroatoms. The maximum atomic E-state index is 11.8. The Bertz CT molecular complexity index is 298. The highest BCUT2D eigenvalue weighted by molar-refractivity contribution is 5.86. The fourth-order valence-electron chi connectivity index (χ4n) is 1.91. The smallest absolute Gasteiger partial charge is 0.326 e. The first-order valence-corrected chi connectivity index (χ1v) is 6.02. The van der Waals surface area contributed by atoms with E-state index in [0.29, 0.717) is 25.5 Å². The number of aliphatic carboxylic acids is 1. The summed E-state index contributed by atoms with van der Waals surface area (Å²) in [5, 5.41) is 14.6. The van der Waals surface area contributed by atoms with Gasteiger partial charge in [-0.15, -0.1) is 0 Å². The number of carboxylic acid groups (broad SMARTS) is 1. The van der Waals surface area contributed by atoms with Crippen LogP contribution in [0.2, 0.25) is 0 Å². The number of hydrogen-bond acceptors (Lipinski definition) is 4. The highest BCUT2D eigenvalue weighted by Crippen LogP contribution is 2.33. The summed E-state index contributed by atoms with van der Waals surface area (Å²) in [5.74, 6) is -0.832. The van der Waals surface area contributed by atoms with Crippen LogP contribution < -0.4 is 10.6 Å². The second-order valence-electron chi connectivity index (χ2n) is 4.64. The van der Waals surface area contributed by atoms with Crippen LogP contribution in [0.15, 0.2) is 0 Å². The molecule has 1 saturated heterocycles. The molecule has 2 aliphatic rings. The van der Waals surface area contributed by atoms with E-state index in [4.69, 9.17) is 9.84 Å². The Morgan fingerprint density at radius 2 is 2.24 bits per heavy atom. The number of rotatable bonds is 5. The molecule has 0 bridgehead atoms. The molecule has 1 amide bonds. The van der Waals surface area contributed by atoms with E-state index in [9.17, 15) is 9.59 Å². The van der Waals surface area contributed by atoms with Gasteiger partial charge in [-0.3, -0.25) is 4.79 Å². The predicted octanol–water partition coefficient (Wildman–Crippen LogP) is -0.656. The van der Waals surface area contributed by atoms with Crippen LogP contribution in [-0.4, -0.2) is 48.8 Å². The van der Waals surface area contributed by atoms with Crippen molar-refractivity contribution in [3.05, 3.63) is 0 Å². The van der Waals surface area contributed by atoms with E-state index in [-0.39, 0.29) is 5.91 Å². The van der Waals surface area contributed by atoms with Crippen molar-refractivity contribution in [2.75, 3.05) is 19.7 Å². The van der Waals surface area contributed by atoms with E-state index in [1.807, 2.05) is 0 Å². The van der Waals surface area contributed by atoms with Gasteiger partial charge in [0, 0.05) is 13.1 Å². The van der Waals surface area contributed by atoms with Gasteiger partial charge in [-0.2, -0.15) is 0 Å². The number of carboxylic acids is 1. The molecule has 0 aromatic rings. The molecule has 2 fully saturated rings. The summed E-state index contributed by atoms with van der Waals surface area (Å²) in [6, 6.07) is -0.777. The third-order valence-electron chi connectivity index (χ3n) is 3.10. The maximum Gasteiger partial charge on any atom is 0.326 e. The standard InChI is InChI=1S/C11H18N2O4/c14-10(9-6-12-3-4-17-9)13-8(11(15)16)5-7-1-2-7/h7-9,12H,1-6H2,(H,13,14)(H,15,16). The summed E-state index contributed by atoms with van der Waals surface area (Å²) in [4.78, 5) is 22.8. The molecular formula is C11H18N2O4. The summed E-state index contributed by atoms with van der Waals surface area (Å²) in [5.41, 5.74) is 0. The molecule has 1 saturated carbocycles. The van der Waals surface area contributed by atoms with Gasteiger partial charge in [0.15, 0.2) is 0 Å². The van der Waals surface area contributed by atoms with Gasteiger partial charge in [-0.25, -0.2) is 4.79 Å². The van der Waals surface area contributed by atoms with Gasteiger partial charge in [-0.1, -0.05) is 12.8 Å². The van der Waals surface area contributed by atoms with Crippen molar-refractivity contribution in [3.8, 4) is 0 Å². The quantitative estimate of drug-likeness (QED) is 0.596. The minimum atomic E-state index is -0.964. The van der Waals surface area contributed by atoms with Crippen LogP contribution in [0.25, 0.3) is 0 Å². The lowest BCUT2D eigenvalue weighted by Crippen LogP contribution is -2.52. The molecule has 1 aliphatic heterocycles. The summed E-state index contributed by atoms with van der Waals surface area (Å²) in [6.07, 6.45) is 2.11. The Hall–Kier alpha value is -1.14. The van der Waals surface area contributed by atoms with Gasteiger partial charge < -0.3 is 20.5 Å². The zero-order chi connectivity index (χ0) is 12.3. The highest BCUT2D eigenvalue weighted by atomic mass is 16.5. The van der Waals surface area contributed by atoms with Crippen LogP contribution in [0.4, 0.5) is 0 Å². The largest absolute Gasteiger partial charge is 0.480 e. The Labute approximate surface area is 99.7 Å². The first kappa shape index (κ1) is 12.3. The summed E-state index contributed by atoms with van der Waals surface area (Å²) < 4.78 is 5.27. The van der Waals surface area contributed by atoms with Crippen molar-refractivity contribution >= 4 is 11.9 Å². The first-order chi connectivity index (χ1) is 8.16. The number of nitrogens with one attached hydrogen (secondary N) is 2. The Morgan fingerprint density at radius 1 is 1.47 bits per heavy atom. The lowest BCUT2D eigenvalue weighted by Gasteiger charge is -2.24. The minimum absolute atomic E-state index is 0.328. The van der Waals surface area contributed by atoms with Crippen molar-refractivity contribution in [2.24, 2.45) is 5.92 Å². The van der Waals surface area contributed by atoms with E-state index in [1.54, 1.807) is 0 Å². The summed E-state index contributed by atoms with van der Waals surface area (Å²) in [6.45, 7) is 1.66. The molecular weight excluding hydrogens is 224 g/mol. The topological polar surface area (TPSA) is 87.7 Å². The van der Waals surface area contributed by atoms with Crippen molar-refractivity contribution in [3.63, 3.8) is 0 Å². The number of hydrogen-bond donors (Lipinski definition) is 3. The molecule has 0 radical (unpaired) electrons. The lowest BCUT2D eigenvalue weighted by molar-refractivity contribution is -0.145. The number of ether oxygens (including phenoxy) is 1. The van der Waals surface area contributed by atoms with Crippen LogP contribution in [0, 0.1) is 5.92 Å². The van der Waals surface area contributed by atoms with Gasteiger partial charge in [0.1, 0.15) is 12.1 Å². The van der Waals surface area contributed by atoms with Crippen molar-refractivity contribution < 1.29 is 19.4 Å². The number of carbonyl (C=O) groups excluding carboxylic acids is 1. The predicted molar refractivity (Wildman–Crippen MR) is 59.5 cm³/mol. The van der Waals surface area contributed by atoms with Gasteiger partial charge >= 0.3 is 5.97 Å². The Balaban J connectivity index is 1.82. The van der Waals surface area contributed by atoms with Crippen molar-refractivity contribution in [2.45, 2.75) is 31.4 Å². The van der Waals surface area contributed by atoms with Crippen LogP contribution in [0.3, 0.4) is 0 Å². The third-order valence-corrected chi connectivity index (χ3v) is 3.10. The van der Waals surface area contributed by atoms with E-state index < -0.39 is 18.1 Å². The zero-order valence-electron chi connectivity index (χ0n) is 9.65. The lowest BCUT2D eigenvalue weighted by atomic mass is 10.1. The summed E-state index contributed by atoms with van der Waals surface area (Å²) in [7, 11) is 0. The molecule has 1 aliphatic carbocycles. The van der Waals surface area contributed by atoms with Gasteiger partial charge in [0.05, 0.1) is 6.61 Å². The molecule has 0 aromatic heterocycles. The van der Waals surface area contributed by atoms with Crippen molar-refractivity contribution in [1.82, 2.24) is 10.6 Å². The van der Waals surface area contributed by atoms with Crippen LogP contribution in [0.5, 0.6) is 0 Å². The highest BCUT2D eigenvalue weighted by Gasteiger charge is 2.32. The van der Waals surface area contributed by atoms with E-state index in [1.165, 1.54) is 0 Å². The molecule has 96 valence electrons. The van der Waals surface area contributed by atoms with Crippen LogP contribution in [-0.2, 0) is 14.3 Å². The van der Waals surface area contributed by atoms with Crippen molar-refractivity contribution in [1.29, 1.82) is 0 Å². The third kappa shape index (κ3) is 3.67. The number of morpholine rings is 1. The average molecular weight is 242 g/mol. The monoisotopic (exact) mass is 242 g/mol. The second-order valence-corrected chi connectivity index (χ2v) is 4.64. The molecule has 6 nitrogen and oxygen atoms in total. The van der Waals surface area contributed by atoms with Crippen LogP contribution in [0.1, 0.15) is 19.3 Å². The molecule has 0 aromatic carbocycles. The van der Waals surface area contributed by atoms with Crippen LogP contribution >= 0.6 is 0 Å². The fourth-order valence-corrected chi connectivity index (χ4v) is 1.91. The van der Waals surface area contributed by atoms with Gasteiger partial charge in [0.2, 0.25) is 0 Å². The molecule has 2 atom stereocenters. The zero-order valence-corrected chi connectivity index (χ0v) is 9.65. The maximum absolute atomic E-state index is 11.8. The van der Waals surface area contributed by atoms with Gasteiger partial charge in [0.25, 0.3) is 5.91 Å². The molecule has 2 rings (SSSR count). The molecule has 3 N–H and O–H groups in total. The number of carbonyl (C=O) groups is 2. The fraction of sp³-hybridized carbons (Fsp3) is 0.818.